The first-order valence-electron chi connectivity index (χ1n) is 6.61. The third-order valence-electron chi connectivity index (χ3n) is 3.66. The number of nitrogens with zero attached hydrogens (tertiary/aromatic N) is 3. The molecule has 98 valence electrons. The van der Waals surface area contributed by atoms with Crippen molar-refractivity contribution in [2.24, 2.45) is 0 Å². The average molecular weight is 261 g/mol. The summed E-state index contributed by atoms with van der Waals surface area (Å²) in [5, 5.41) is 9.08. The standard InChI is InChI=1S/C17H15N3/c1-12-6-7-14(11-13(12)2)17-15(8-9-18)20-10-4-3-5-16(20)19-17/h3-7,10-11H,8H2,1-2H3. The highest BCUT2D eigenvalue weighted by Gasteiger charge is 2.13. The van der Waals surface area contributed by atoms with E-state index >= 15 is 0 Å². The van der Waals surface area contributed by atoms with Gasteiger partial charge >= 0.3 is 0 Å². The lowest BCUT2D eigenvalue weighted by molar-refractivity contribution is 1.06. The summed E-state index contributed by atoms with van der Waals surface area (Å²) in [5.41, 5.74) is 6.31. The zero-order chi connectivity index (χ0) is 14.1. The normalized spacial score (nSPS) is 10.7. The fraction of sp³-hybridized carbons (Fsp3) is 0.176. The first-order chi connectivity index (χ1) is 9.70. The molecule has 3 heteroatoms. The molecule has 0 bridgehead atoms. The summed E-state index contributed by atoms with van der Waals surface area (Å²) in [4.78, 5) is 4.68. The van der Waals surface area contributed by atoms with Crippen molar-refractivity contribution in [2.75, 3.05) is 0 Å². The Morgan fingerprint density at radius 2 is 2.00 bits per heavy atom. The van der Waals surface area contributed by atoms with Crippen LogP contribution in [0, 0.1) is 25.2 Å². The monoisotopic (exact) mass is 261 g/mol. The van der Waals surface area contributed by atoms with Crippen molar-refractivity contribution < 1.29 is 0 Å². The number of hydrogen-bond donors (Lipinski definition) is 0. The number of imidazole rings is 1. The predicted molar refractivity (Wildman–Crippen MR) is 79.4 cm³/mol. The SMILES string of the molecule is Cc1ccc(-c2nc3ccccn3c2CC#N)cc1C. The molecule has 0 atom stereocenters. The van der Waals surface area contributed by atoms with E-state index in [-0.39, 0.29) is 0 Å². The zero-order valence-electron chi connectivity index (χ0n) is 11.6. The summed E-state index contributed by atoms with van der Waals surface area (Å²) in [6.07, 6.45) is 2.31. The maximum atomic E-state index is 9.08. The third kappa shape index (κ3) is 1.96. The van der Waals surface area contributed by atoms with Crippen LogP contribution in [-0.2, 0) is 6.42 Å². The maximum Gasteiger partial charge on any atom is 0.137 e. The summed E-state index contributed by atoms with van der Waals surface area (Å²) in [5.74, 6) is 0. The molecule has 3 nitrogen and oxygen atoms in total. The molecule has 0 radical (unpaired) electrons. The summed E-state index contributed by atoms with van der Waals surface area (Å²) in [7, 11) is 0. The van der Waals surface area contributed by atoms with Crippen LogP contribution in [0.5, 0.6) is 0 Å². The molecule has 1 aromatic carbocycles. The van der Waals surface area contributed by atoms with Gasteiger partial charge in [-0.15, -0.1) is 0 Å². The van der Waals surface area contributed by atoms with Gasteiger partial charge in [-0.2, -0.15) is 5.26 Å². The Morgan fingerprint density at radius 1 is 1.15 bits per heavy atom. The number of rotatable bonds is 2. The topological polar surface area (TPSA) is 41.1 Å². The van der Waals surface area contributed by atoms with Crippen LogP contribution in [-0.4, -0.2) is 9.38 Å². The smallest absolute Gasteiger partial charge is 0.137 e. The lowest BCUT2D eigenvalue weighted by Gasteiger charge is -2.05. The van der Waals surface area contributed by atoms with E-state index in [1.165, 1.54) is 11.1 Å². The van der Waals surface area contributed by atoms with Gasteiger partial charge in [0.1, 0.15) is 5.65 Å². The number of nitriles is 1. The molecule has 0 fully saturated rings. The molecule has 0 amide bonds. The van der Waals surface area contributed by atoms with Gasteiger partial charge in [0.25, 0.3) is 0 Å². The highest BCUT2D eigenvalue weighted by atomic mass is 15.0. The van der Waals surface area contributed by atoms with E-state index in [0.717, 1.165) is 22.6 Å². The van der Waals surface area contributed by atoms with Gasteiger partial charge in [-0.05, 0) is 43.2 Å². The lowest BCUT2D eigenvalue weighted by atomic mass is 10.0. The average Bonchev–Trinajstić information content (AvgIpc) is 2.82. The van der Waals surface area contributed by atoms with Crippen LogP contribution in [0.2, 0.25) is 0 Å². The predicted octanol–water partition coefficient (Wildman–Crippen LogP) is 3.68. The van der Waals surface area contributed by atoms with Gasteiger partial charge in [0.2, 0.25) is 0 Å². The second-order valence-electron chi connectivity index (χ2n) is 4.97. The van der Waals surface area contributed by atoms with E-state index in [4.69, 9.17) is 5.26 Å². The number of pyridine rings is 1. The van der Waals surface area contributed by atoms with Crippen LogP contribution in [0.1, 0.15) is 16.8 Å². The Hall–Kier alpha value is -2.60. The largest absolute Gasteiger partial charge is 0.302 e. The molecule has 0 aliphatic rings. The summed E-state index contributed by atoms with van der Waals surface area (Å²) in [6, 6.07) is 14.4. The van der Waals surface area contributed by atoms with Gasteiger partial charge in [0, 0.05) is 11.8 Å². The zero-order valence-corrected chi connectivity index (χ0v) is 11.6. The molecule has 0 aliphatic carbocycles. The Labute approximate surface area is 118 Å². The Morgan fingerprint density at radius 3 is 2.75 bits per heavy atom. The maximum absolute atomic E-state index is 9.08. The molecular weight excluding hydrogens is 246 g/mol. The first-order valence-corrected chi connectivity index (χ1v) is 6.61. The molecule has 0 saturated heterocycles. The summed E-state index contributed by atoms with van der Waals surface area (Å²) >= 11 is 0. The Balaban J connectivity index is 2.27. The van der Waals surface area contributed by atoms with Gasteiger partial charge in [-0.25, -0.2) is 4.98 Å². The minimum Gasteiger partial charge on any atom is -0.302 e. The van der Waals surface area contributed by atoms with E-state index in [1.54, 1.807) is 0 Å². The van der Waals surface area contributed by atoms with Crippen molar-refractivity contribution in [1.29, 1.82) is 5.26 Å². The molecule has 2 heterocycles. The van der Waals surface area contributed by atoms with Crippen LogP contribution < -0.4 is 0 Å². The molecule has 20 heavy (non-hydrogen) atoms. The second-order valence-corrected chi connectivity index (χ2v) is 4.97. The van der Waals surface area contributed by atoms with Gasteiger partial charge in [0.05, 0.1) is 23.9 Å². The van der Waals surface area contributed by atoms with Crippen LogP contribution >= 0.6 is 0 Å². The van der Waals surface area contributed by atoms with Crippen LogP contribution in [0.15, 0.2) is 42.6 Å². The quantitative estimate of drug-likeness (QED) is 0.706. The number of fused-ring (bicyclic) bond motifs is 1. The van der Waals surface area contributed by atoms with Crippen LogP contribution in [0.4, 0.5) is 0 Å². The van der Waals surface area contributed by atoms with Crippen molar-refractivity contribution in [2.45, 2.75) is 20.3 Å². The van der Waals surface area contributed by atoms with E-state index in [2.05, 4.69) is 43.1 Å². The highest BCUT2D eigenvalue weighted by molar-refractivity contribution is 5.68. The van der Waals surface area contributed by atoms with Crippen LogP contribution in [0.3, 0.4) is 0 Å². The molecule has 2 aromatic heterocycles. The van der Waals surface area contributed by atoms with Gasteiger partial charge in [-0.1, -0.05) is 18.2 Å². The van der Waals surface area contributed by atoms with Crippen molar-refractivity contribution >= 4 is 5.65 Å². The molecule has 0 unspecified atom stereocenters. The van der Waals surface area contributed by atoms with Crippen LogP contribution in [0.25, 0.3) is 16.9 Å². The van der Waals surface area contributed by atoms with E-state index in [9.17, 15) is 0 Å². The van der Waals surface area contributed by atoms with Gasteiger partial charge < -0.3 is 4.40 Å². The minimum absolute atomic E-state index is 0.355. The fourth-order valence-electron chi connectivity index (χ4n) is 2.41. The summed E-state index contributed by atoms with van der Waals surface area (Å²) < 4.78 is 1.99. The van der Waals surface area contributed by atoms with Crippen molar-refractivity contribution in [3.05, 3.63) is 59.4 Å². The molecule has 0 spiro atoms. The molecule has 0 saturated carbocycles. The molecular formula is C17H15N3. The third-order valence-corrected chi connectivity index (χ3v) is 3.66. The Kier molecular flexibility index (Phi) is 3.00. The van der Waals surface area contributed by atoms with Crippen molar-refractivity contribution in [3.8, 4) is 17.3 Å². The molecule has 0 aliphatic heterocycles. The number of hydrogen-bond acceptors (Lipinski definition) is 2. The summed E-state index contributed by atoms with van der Waals surface area (Å²) in [6.45, 7) is 4.19. The number of aromatic nitrogens is 2. The van der Waals surface area contributed by atoms with Gasteiger partial charge in [0.15, 0.2) is 0 Å². The first kappa shape index (κ1) is 12.4. The minimum atomic E-state index is 0.355. The molecule has 0 N–H and O–H groups in total. The van der Waals surface area contributed by atoms with Gasteiger partial charge in [-0.3, -0.25) is 0 Å². The second kappa shape index (κ2) is 4.82. The number of aryl methyl sites for hydroxylation is 2. The molecule has 3 rings (SSSR count). The van der Waals surface area contributed by atoms with E-state index in [1.807, 2.05) is 28.8 Å². The van der Waals surface area contributed by atoms with E-state index in [0.29, 0.717) is 6.42 Å². The van der Waals surface area contributed by atoms with Crippen molar-refractivity contribution in [1.82, 2.24) is 9.38 Å². The lowest BCUT2D eigenvalue weighted by Crippen LogP contribution is -1.93. The van der Waals surface area contributed by atoms with E-state index < -0.39 is 0 Å². The number of benzene rings is 1. The van der Waals surface area contributed by atoms with Crippen molar-refractivity contribution in [3.63, 3.8) is 0 Å². The fourth-order valence-corrected chi connectivity index (χ4v) is 2.41. The Bertz CT molecular complexity index is 822. The highest BCUT2D eigenvalue weighted by Crippen LogP contribution is 2.26. The molecule has 3 aromatic rings.